The van der Waals surface area contributed by atoms with Crippen molar-refractivity contribution in [1.29, 1.82) is 0 Å². The maximum absolute atomic E-state index is 12.3. The minimum atomic E-state index is -2.88. The van der Waals surface area contributed by atoms with Gasteiger partial charge >= 0.3 is 6.61 Å². The molecule has 0 aliphatic carbocycles. The molecule has 1 aromatic carbocycles. The highest BCUT2D eigenvalue weighted by Gasteiger charge is 2.09. The lowest BCUT2D eigenvalue weighted by molar-refractivity contribution is -0.0493. The van der Waals surface area contributed by atoms with Crippen molar-refractivity contribution in [2.75, 3.05) is 11.9 Å². The van der Waals surface area contributed by atoms with Crippen LogP contribution in [-0.2, 0) is 6.54 Å². The molecule has 0 radical (unpaired) electrons. The zero-order valence-corrected chi connectivity index (χ0v) is 14.4. The Morgan fingerprint density at radius 3 is 2.87 bits per heavy atom. The number of benzene rings is 1. The highest BCUT2D eigenvalue weighted by atomic mass is 79.9. The van der Waals surface area contributed by atoms with E-state index in [0.717, 1.165) is 17.4 Å². The first-order chi connectivity index (χ1) is 11.0. The average molecular weight is 405 g/mol. The predicted octanol–water partition coefficient (Wildman–Crippen LogP) is 3.62. The SMILES string of the molecule is FC(F)Oc1ccccc1NC(=S)NCCCn1cc(Br)cn1. The Labute approximate surface area is 146 Å². The molecule has 23 heavy (non-hydrogen) atoms. The summed E-state index contributed by atoms with van der Waals surface area (Å²) >= 11 is 8.48. The molecule has 0 fully saturated rings. The Morgan fingerprint density at radius 2 is 2.17 bits per heavy atom. The second kappa shape index (κ2) is 8.78. The van der Waals surface area contributed by atoms with Crippen molar-refractivity contribution in [3.63, 3.8) is 0 Å². The van der Waals surface area contributed by atoms with E-state index in [0.29, 0.717) is 17.3 Å². The quantitative estimate of drug-likeness (QED) is 0.545. The molecule has 2 aromatic rings. The first-order valence-electron chi connectivity index (χ1n) is 6.81. The van der Waals surface area contributed by atoms with Gasteiger partial charge in [-0.2, -0.15) is 13.9 Å². The Balaban J connectivity index is 1.76. The number of halogens is 3. The normalized spacial score (nSPS) is 10.6. The number of nitrogens with zero attached hydrogens (tertiary/aromatic N) is 2. The summed E-state index contributed by atoms with van der Waals surface area (Å²) in [6.07, 6.45) is 4.42. The van der Waals surface area contributed by atoms with Crippen molar-refractivity contribution in [2.45, 2.75) is 19.6 Å². The van der Waals surface area contributed by atoms with E-state index < -0.39 is 6.61 Å². The van der Waals surface area contributed by atoms with Crippen LogP contribution in [0.1, 0.15) is 6.42 Å². The van der Waals surface area contributed by atoms with Gasteiger partial charge in [-0.3, -0.25) is 4.68 Å². The van der Waals surface area contributed by atoms with Crippen molar-refractivity contribution in [3.05, 3.63) is 41.1 Å². The van der Waals surface area contributed by atoms with Crippen LogP contribution in [-0.4, -0.2) is 28.0 Å². The molecular weight excluding hydrogens is 390 g/mol. The largest absolute Gasteiger partial charge is 0.433 e. The van der Waals surface area contributed by atoms with Crippen LogP contribution >= 0.6 is 28.1 Å². The first kappa shape index (κ1) is 17.6. The summed E-state index contributed by atoms with van der Waals surface area (Å²) in [6, 6.07) is 6.39. The van der Waals surface area contributed by atoms with Crippen LogP contribution < -0.4 is 15.4 Å². The van der Waals surface area contributed by atoms with Gasteiger partial charge in [0.25, 0.3) is 0 Å². The monoisotopic (exact) mass is 404 g/mol. The second-order valence-corrected chi connectivity index (χ2v) is 5.85. The number of nitrogens with one attached hydrogen (secondary N) is 2. The number of anilines is 1. The predicted molar refractivity (Wildman–Crippen MR) is 91.8 cm³/mol. The number of ether oxygens (including phenoxy) is 1. The Morgan fingerprint density at radius 1 is 1.39 bits per heavy atom. The molecule has 0 atom stereocenters. The van der Waals surface area contributed by atoms with Gasteiger partial charge in [0.1, 0.15) is 5.75 Å². The Kier molecular flexibility index (Phi) is 6.72. The summed E-state index contributed by atoms with van der Waals surface area (Å²) < 4.78 is 31.9. The molecule has 9 heteroatoms. The third kappa shape index (κ3) is 6.11. The van der Waals surface area contributed by atoms with Crippen LogP contribution in [0.15, 0.2) is 41.1 Å². The summed E-state index contributed by atoms with van der Waals surface area (Å²) in [6.45, 7) is -1.51. The third-order valence-electron chi connectivity index (χ3n) is 2.80. The van der Waals surface area contributed by atoms with E-state index in [-0.39, 0.29) is 5.75 Å². The molecule has 0 unspecified atom stereocenters. The maximum Gasteiger partial charge on any atom is 0.387 e. The minimum Gasteiger partial charge on any atom is -0.433 e. The molecule has 1 heterocycles. The molecule has 2 N–H and O–H groups in total. The summed E-state index contributed by atoms with van der Waals surface area (Å²) in [5, 5.41) is 10.4. The average Bonchev–Trinajstić information content (AvgIpc) is 2.91. The summed E-state index contributed by atoms with van der Waals surface area (Å²) in [7, 11) is 0. The van der Waals surface area contributed by atoms with Crippen LogP contribution in [0.5, 0.6) is 5.75 Å². The smallest absolute Gasteiger partial charge is 0.387 e. The lowest BCUT2D eigenvalue weighted by Crippen LogP contribution is -2.30. The molecule has 0 spiro atoms. The maximum atomic E-state index is 12.3. The van der Waals surface area contributed by atoms with Gasteiger partial charge in [0, 0.05) is 19.3 Å². The van der Waals surface area contributed by atoms with Gasteiger partial charge in [0.05, 0.1) is 16.4 Å². The van der Waals surface area contributed by atoms with E-state index in [1.54, 1.807) is 24.4 Å². The molecule has 2 rings (SSSR count). The zero-order chi connectivity index (χ0) is 16.7. The molecule has 0 aliphatic heterocycles. The topological polar surface area (TPSA) is 51.1 Å². The fourth-order valence-corrected chi connectivity index (χ4v) is 2.38. The molecule has 0 amide bonds. The standard InChI is InChI=1S/C14H15BrF2N4OS/c15-10-8-19-21(9-10)7-3-6-18-14(23)20-11-4-1-2-5-12(11)22-13(16)17/h1-2,4-5,8-9,13H,3,6-7H2,(H2,18,20,23). The van der Waals surface area contributed by atoms with E-state index in [1.807, 2.05) is 10.9 Å². The number of rotatable bonds is 7. The van der Waals surface area contributed by atoms with Crippen LogP contribution in [0.2, 0.25) is 0 Å². The summed E-state index contributed by atoms with van der Waals surface area (Å²) in [5.74, 6) is 0.0491. The Bertz CT molecular complexity index is 653. The fourth-order valence-electron chi connectivity index (χ4n) is 1.84. The van der Waals surface area contributed by atoms with Crippen LogP contribution in [0.25, 0.3) is 0 Å². The molecular formula is C14H15BrF2N4OS. The molecule has 0 aliphatic rings. The van der Waals surface area contributed by atoms with Crippen LogP contribution in [0.4, 0.5) is 14.5 Å². The number of aromatic nitrogens is 2. The molecule has 124 valence electrons. The number of hydrogen-bond donors (Lipinski definition) is 2. The first-order valence-corrected chi connectivity index (χ1v) is 8.01. The lowest BCUT2D eigenvalue weighted by atomic mass is 10.3. The number of para-hydroxylation sites is 2. The molecule has 1 aromatic heterocycles. The minimum absolute atomic E-state index is 0.0491. The van der Waals surface area contributed by atoms with Gasteiger partial charge < -0.3 is 15.4 Å². The molecule has 5 nitrogen and oxygen atoms in total. The van der Waals surface area contributed by atoms with Crippen molar-refractivity contribution in [1.82, 2.24) is 15.1 Å². The van der Waals surface area contributed by atoms with Gasteiger partial charge in [-0.05, 0) is 46.7 Å². The lowest BCUT2D eigenvalue weighted by Gasteiger charge is -2.14. The highest BCUT2D eigenvalue weighted by Crippen LogP contribution is 2.25. The highest BCUT2D eigenvalue weighted by molar-refractivity contribution is 9.10. The Hall–Kier alpha value is -1.74. The second-order valence-electron chi connectivity index (χ2n) is 4.53. The molecule has 0 saturated carbocycles. The summed E-state index contributed by atoms with van der Waals surface area (Å²) in [5.41, 5.74) is 0.390. The van der Waals surface area contributed by atoms with Crippen LogP contribution in [0, 0.1) is 0 Å². The van der Waals surface area contributed by atoms with E-state index in [2.05, 4.69) is 36.4 Å². The fraction of sp³-hybridized carbons (Fsp3) is 0.286. The van der Waals surface area contributed by atoms with Gasteiger partial charge in [0.2, 0.25) is 0 Å². The number of alkyl halides is 2. The van der Waals surface area contributed by atoms with Crippen molar-refractivity contribution < 1.29 is 13.5 Å². The zero-order valence-electron chi connectivity index (χ0n) is 12.0. The van der Waals surface area contributed by atoms with Crippen molar-refractivity contribution in [2.24, 2.45) is 0 Å². The van der Waals surface area contributed by atoms with Crippen molar-refractivity contribution in [3.8, 4) is 5.75 Å². The van der Waals surface area contributed by atoms with Crippen molar-refractivity contribution >= 4 is 38.9 Å². The van der Waals surface area contributed by atoms with E-state index in [9.17, 15) is 8.78 Å². The number of thiocarbonyl (C=S) groups is 1. The summed E-state index contributed by atoms with van der Waals surface area (Å²) in [4.78, 5) is 0. The van der Waals surface area contributed by atoms with Gasteiger partial charge in [-0.25, -0.2) is 0 Å². The van der Waals surface area contributed by atoms with Gasteiger partial charge in [-0.1, -0.05) is 12.1 Å². The van der Waals surface area contributed by atoms with E-state index >= 15 is 0 Å². The van der Waals surface area contributed by atoms with E-state index in [4.69, 9.17) is 12.2 Å². The number of aryl methyl sites for hydroxylation is 1. The number of hydrogen-bond acceptors (Lipinski definition) is 3. The van der Waals surface area contributed by atoms with E-state index in [1.165, 1.54) is 6.07 Å². The van der Waals surface area contributed by atoms with Gasteiger partial charge in [-0.15, -0.1) is 0 Å². The third-order valence-corrected chi connectivity index (χ3v) is 3.46. The van der Waals surface area contributed by atoms with Gasteiger partial charge in [0.15, 0.2) is 5.11 Å². The van der Waals surface area contributed by atoms with Crippen LogP contribution in [0.3, 0.4) is 0 Å². The molecule has 0 saturated heterocycles. The molecule has 0 bridgehead atoms.